The molecule has 2 heterocycles. The van der Waals surface area contributed by atoms with Gasteiger partial charge in [-0.1, -0.05) is 12.7 Å². The Labute approximate surface area is 190 Å². The van der Waals surface area contributed by atoms with Crippen LogP contribution in [0.1, 0.15) is 24.0 Å². The Hall–Kier alpha value is -3.95. The Morgan fingerprint density at radius 3 is 2.21 bits per heavy atom. The van der Waals surface area contributed by atoms with E-state index in [0.717, 1.165) is 4.57 Å². The van der Waals surface area contributed by atoms with E-state index in [2.05, 4.69) is 11.9 Å². The van der Waals surface area contributed by atoms with Gasteiger partial charge in [-0.25, -0.2) is 9.59 Å². The molecule has 1 N–H and O–H groups in total. The number of allylic oxidation sites excluding steroid dienone is 1. The van der Waals surface area contributed by atoms with Crippen molar-refractivity contribution in [1.29, 1.82) is 0 Å². The largest absolute Gasteiger partial charge is 0.493 e. The quantitative estimate of drug-likeness (QED) is 0.494. The smallest absolute Gasteiger partial charge is 0.337 e. The number of ether oxygens (including phenoxy) is 4. The molecule has 3 rings (SSSR count). The summed E-state index contributed by atoms with van der Waals surface area (Å²) in [4.78, 5) is 39.0. The molecule has 1 aliphatic rings. The molecular weight excluding hydrogens is 430 g/mol. The summed E-state index contributed by atoms with van der Waals surface area (Å²) >= 11 is 0. The normalized spacial score (nSPS) is 14.8. The number of anilines is 1. The molecule has 0 fully saturated rings. The predicted octanol–water partition coefficient (Wildman–Crippen LogP) is 1.67. The molecule has 33 heavy (non-hydrogen) atoms. The van der Waals surface area contributed by atoms with Gasteiger partial charge in [0.25, 0.3) is 5.56 Å². The number of nitrogens with zero attached hydrogens (tertiary/aromatic N) is 2. The van der Waals surface area contributed by atoms with Gasteiger partial charge in [0.05, 0.1) is 38.4 Å². The Kier molecular flexibility index (Phi) is 6.66. The van der Waals surface area contributed by atoms with E-state index in [4.69, 9.17) is 18.9 Å². The maximum Gasteiger partial charge on any atom is 0.337 e. The highest BCUT2D eigenvalue weighted by Gasteiger charge is 2.38. The van der Waals surface area contributed by atoms with E-state index in [9.17, 15) is 14.4 Å². The summed E-state index contributed by atoms with van der Waals surface area (Å²) in [5.74, 6) is -0.143. The van der Waals surface area contributed by atoms with Gasteiger partial charge >= 0.3 is 11.7 Å². The first-order chi connectivity index (χ1) is 15.7. The molecule has 10 heteroatoms. The maximum atomic E-state index is 13.3. The van der Waals surface area contributed by atoms with Crippen LogP contribution in [-0.4, -0.2) is 43.0 Å². The maximum absolute atomic E-state index is 13.3. The van der Waals surface area contributed by atoms with Gasteiger partial charge in [-0.3, -0.25) is 13.9 Å². The molecule has 0 bridgehead atoms. The average Bonchev–Trinajstić information content (AvgIpc) is 2.82. The van der Waals surface area contributed by atoms with Crippen LogP contribution in [0.25, 0.3) is 0 Å². The number of benzene rings is 1. The molecule has 176 valence electrons. The zero-order valence-corrected chi connectivity index (χ0v) is 19.5. The van der Waals surface area contributed by atoms with Crippen LogP contribution < -0.4 is 30.8 Å². The number of rotatable bonds is 7. The van der Waals surface area contributed by atoms with Crippen LogP contribution in [0.15, 0.2) is 45.6 Å². The molecule has 2 aromatic rings. The molecular formula is C23H27N3O7. The molecule has 0 saturated heterocycles. The molecule has 1 aromatic carbocycles. The molecule has 1 aromatic heterocycles. The zero-order valence-electron chi connectivity index (χ0n) is 19.5. The summed E-state index contributed by atoms with van der Waals surface area (Å²) in [5, 5.41) is 3.04. The topological polar surface area (TPSA) is 110 Å². The molecule has 1 atom stereocenters. The number of hydrogen-bond donors (Lipinski definition) is 1. The lowest BCUT2D eigenvalue weighted by atomic mass is 9.82. The van der Waals surface area contributed by atoms with Crippen molar-refractivity contribution < 1.29 is 23.7 Å². The van der Waals surface area contributed by atoms with Crippen molar-refractivity contribution in [3.63, 3.8) is 0 Å². The number of methoxy groups -OCH3 is 3. The van der Waals surface area contributed by atoms with E-state index in [1.807, 2.05) is 0 Å². The SMILES string of the molecule is C=CCOC(=O)C1=C(C)Nc2c(c(=O)n(C)c(=O)n2C)C1c1cc(OC)c(OC)c(OC)c1. The fraction of sp³-hybridized carbons (Fsp3) is 0.348. The Bertz CT molecular complexity index is 1250. The molecule has 0 radical (unpaired) electrons. The third kappa shape index (κ3) is 3.88. The van der Waals surface area contributed by atoms with Crippen LogP contribution in [-0.2, 0) is 23.6 Å². The van der Waals surface area contributed by atoms with Crippen molar-refractivity contribution >= 4 is 11.8 Å². The first-order valence-electron chi connectivity index (χ1n) is 10.1. The minimum Gasteiger partial charge on any atom is -0.493 e. The van der Waals surface area contributed by atoms with Crippen molar-refractivity contribution in [2.45, 2.75) is 12.8 Å². The Morgan fingerprint density at radius 2 is 1.70 bits per heavy atom. The number of carbonyl (C=O) groups is 1. The third-order valence-corrected chi connectivity index (χ3v) is 5.56. The monoisotopic (exact) mass is 457 g/mol. The second kappa shape index (κ2) is 9.27. The summed E-state index contributed by atoms with van der Waals surface area (Å²) in [6.45, 7) is 5.25. The lowest BCUT2D eigenvalue weighted by molar-refractivity contribution is -0.138. The zero-order chi connectivity index (χ0) is 24.4. The van der Waals surface area contributed by atoms with Gasteiger partial charge in [-0.05, 0) is 24.6 Å². The summed E-state index contributed by atoms with van der Waals surface area (Å²) in [6, 6.07) is 3.33. The molecule has 0 aliphatic carbocycles. The second-order valence-electron chi connectivity index (χ2n) is 7.41. The number of nitrogens with one attached hydrogen (secondary N) is 1. The first-order valence-corrected chi connectivity index (χ1v) is 10.1. The first kappa shape index (κ1) is 23.7. The van der Waals surface area contributed by atoms with Gasteiger partial charge in [0, 0.05) is 19.8 Å². The van der Waals surface area contributed by atoms with Crippen molar-refractivity contribution in [3.8, 4) is 17.2 Å². The highest BCUT2D eigenvalue weighted by Crippen LogP contribution is 2.46. The van der Waals surface area contributed by atoms with Crippen LogP contribution >= 0.6 is 0 Å². The van der Waals surface area contributed by atoms with Crippen molar-refractivity contribution in [3.05, 3.63) is 68.0 Å². The number of carbonyl (C=O) groups excluding carboxylic acids is 1. The van der Waals surface area contributed by atoms with Crippen LogP contribution in [0.3, 0.4) is 0 Å². The van der Waals surface area contributed by atoms with E-state index < -0.39 is 23.1 Å². The standard InChI is InChI=1S/C23H27N3O7/c1-8-9-33-22(28)16-12(2)24-20-18(21(27)26(4)23(29)25(20)3)17(16)13-10-14(30-5)19(32-7)15(11-13)31-6/h8,10-11,17,24H,1,9H2,2-7H3. The lowest BCUT2D eigenvalue weighted by Gasteiger charge is -2.31. The Morgan fingerprint density at radius 1 is 1.09 bits per heavy atom. The van der Waals surface area contributed by atoms with Gasteiger partial charge in [-0.15, -0.1) is 0 Å². The molecule has 1 aliphatic heterocycles. The van der Waals surface area contributed by atoms with Gasteiger partial charge in [0.15, 0.2) is 11.5 Å². The van der Waals surface area contributed by atoms with Gasteiger partial charge < -0.3 is 24.3 Å². The third-order valence-electron chi connectivity index (χ3n) is 5.56. The summed E-state index contributed by atoms with van der Waals surface area (Å²) in [6.07, 6.45) is 1.45. The highest BCUT2D eigenvalue weighted by molar-refractivity contribution is 5.94. The minimum atomic E-state index is -0.877. The van der Waals surface area contributed by atoms with Gasteiger partial charge in [-0.2, -0.15) is 0 Å². The van der Waals surface area contributed by atoms with E-state index in [1.54, 1.807) is 26.1 Å². The van der Waals surface area contributed by atoms with Crippen LogP contribution in [0.5, 0.6) is 17.2 Å². The average molecular weight is 457 g/mol. The fourth-order valence-corrected chi connectivity index (χ4v) is 3.97. The number of aromatic nitrogens is 2. The van der Waals surface area contributed by atoms with E-state index >= 15 is 0 Å². The number of hydrogen-bond acceptors (Lipinski definition) is 8. The second-order valence-corrected chi connectivity index (χ2v) is 7.41. The number of fused-ring (bicyclic) bond motifs is 1. The lowest BCUT2D eigenvalue weighted by Crippen LogP contribution is -2.43. The molecule has 10 nitrogen and oxygen atoms in total. The van der Waals surface area contributed by atoms with E-state index in [0.29, 0.717) is 34.3 Å². The van der Waals surface area contributed by atoms with Crippen molar-refractivity contribution in [2.75, 3.05) is 33.3 Å². The number of esters is 1. The van der Waals surface area contributed by atoms with E-state index in [-0.39, 0.29) is 17.7 Å². The van der Waals surface area contributed by atoms with Crippen molar-refractivity contribution in [1.82, 2.24) is 9.13 Å². The molecule has 0 amide bonds. The molecule has 0 saturated carbocycles. The predicted molar refractivity (Wildman–Crippen MR) is 122 cm³/mol. The summed E-state index contributed by atoms with van der Waals surface area (Å²) in [5.41, 5.74) is 0.354. The van der Waals surface area contributed by atoms with Crippen molar-refractivity contribution in [2.24, 2.45) is 14.1 Å². The molecule has 0 spiro atoms. The van der Waals surface area contributed by atoms with Gasteiger partial charge in [0.1, 0.15) is 12.4 Å². The highest BCUT2D eigenvalue weighted by atomic mass is 16.5. The van der Waals surface area contributed by atoms with Crippen LogP contribution in [0.2, 0.25) is 0 Å². The Balaban J connectivity index is 2.42. The van der Waals surface area contributed by atoms with Crippen LogP contribution in [0.4, 0.5) is 5.82 Å². The van der Waals surface area contributed by atoms with E-state index in [1.165, 1.54) is 39.0 Å². The summed E-state index contributed by atoms with van der Waals surface area (Å²) in [7, 11) is 7.36. The fourth-order valence-electron chi connectivity index (χ4n) is 3.97. The minimum absolute atomic E-state index is 0.00424. The molecule has 1 unspecified atom stereocenters. The summed E-state index contributed by atoms with van der Waals surface area (Å²) < 4.78 is 24.0. The van der Waals surface area contributed by atoms with Crippen LogP contribution in [0, 0.1) is 0 Å². The van der Waals surface area contributed by atoms with Gasteiger partial charge in [0.2, 0.25) is 5.75 Å².